The molecule has 2 aliphatic rings. The van der Waals surface area contributed by atoms with E-state index in [4.69, 9.17) is 41.8 Å². The molecule has 53 heavy (non-hydrogen) atoms. The van der Waals surface area contributed by atoms with Crippen molar-refractivity contribution >= 4 is 16.5 Å². The fourth-order valence-electron chi connectivity index (χ4n) is 5.21. The normalized spacial score (nSPS) is 30.2. The summed E-state index contributed by atoms with van der Waals surface area (Å²) in [5.41, 5.74) is 0. The summed E-state index contributed by atoms with van der Waals surface area (Å²) in [4.78, 5) is 0. The first-order valence-corrected chi connectivity index (χ1v) is 19.6. The number of unbranched alkanes of at least 4 members (excludes halogenated alkanes) is 4. The van der Waals surface area contributed by atoms with Crippen LogP contribution in [0.5, 0.6) is 0 Å². The molecule has 2 radical (unpaired) electrons. The molecular weight excluding hydrogens is 896 g/mol. The third kappa shape index (κ3) is 22.9. The van der Waals surface area contributed by atoms with Crippen molar-refractivity contribution in [2.45, 2.75) is 142 Å². The Kier molecular flexibility index (Phi) is 37.9. The molecule has 0 aromatic carbocycles. The molecule has 12 atom stereocenters. The molecule has 12 unspecified atom stereocenters. The average Bonchev–Trinajstić information content (AvgIpc) is 3.08. The van der Waals surface area contributed by atoms with Crippen molar-refractivity contribution < 1.29 is 147 Å². The first kappa shape index (κ1) is 59.4. The van der Waals surface area contributed by atoms with Gasteiger partial charge in [0, 0.05) is 90.5 Å². The van der Waals surface area contributed by atoms with E-state index in [2.05, 4.69) is 0 Å². The van der Waals surface area contributed by atoms with Crippen molar-refractivity contribution in [1.82, 2.24) is 0 Å². The van der Waals surface area contributed by atoms with E-state index in [1.54, 1.807) is 13.8 Å². The molecule has 21 heteroatoms. The van der Waals surface area contributed by atoms with Gasteiger partial charge in [-0.15, -0.1) is 0 Å². The molecule has 0 bridgehead atoms. The van der Waals surface area contributed by atoms with Crippen molar-refractivity contribution in [3.63, 3.8) is 0 Å². The van der Waals surface area contributed by atoms with E-state index < -0.39 is 96.9 Å². The quantitative estimate of drug-likeness (QED) is 0.0539. The van der Waals surface area contributed by atoms with Crippen LogP contribution in [-0.2, 0) is 116 Å². The summed E-state index contributed by atoms with van der Waals surface area (Å²) in [5, 5.41) is 58.7. The first-order valence-electron chi connectivity index (χ1n) is 17.1. The van der Waals surface area contributed by atoms with Gasteiger partial charge in [0.2, 0.25) is 0 Å². The van der Waals surface area contributed by atoms with Gasteiger partial charge in [0.1, 0.15) is 30.5 Å². The Bertz CT molecular complexity index is 863. The monoisotopic (exact) mass is 964 g/mol. The van der Waals surface area contributed by atoms with Crippen LogP contribution in [0.15, 0.2) is 0 Å². The molecule has 0 saturated carbocycles. The average molecular weight is 965 g/mol. The molecule has 17 nitrogen and oxygen atoms in total. The van der Waals surface area contributed by atoms with E-state index in [1.807, 2.05) is 13.8 Å². The molecule has 0 amide bonds. The molecule has 0 aromatic rings. The molecule has 0 spiro atoms. The molecule has 2 fully saturated rings. The minimum Gasteiger partial charge on any atom is -0.394 e. The molecule has 6 N–H and O–H groups in total. The molecule has 2 heterocycles. The number of hydrogen-bond acceptors (Lipinski definition) is 17. The standard InChI is InChI=1S/C30H60O17P2.2CH4.2Y/c1-19(2)45-22(17-43-48(37)41-13-9-5-7-11-39-29-20(3)25(33)27(35)23(15-31)46-29)18-44-49(38)42-14-10-6-8-12-40-30-21(4)26(34)28(36)24(16-32)47-30;;;;/h19-36,48-49H,5-18H2,1-4H3;2*1H4;;. The maximum absolute atomic E-state index is 12.2. The van der Waals surface area contributed by atoms with Crippen LogP contribution in [0, 0.1) is 11.8 Å². The zero-order valence-corrected chi connectivity index (χ0v) is 37.8. The minimum absolute atomic E-state index is 0. The third-order valence-corrected chi connectivity index (χ3v) is 9.88. The fourth-order valence-corrected chi connectivity index (χ4v) is 6.64. The Morgan fingerprint density at radius 1 is 0.585 bits per heavy atom. The Hall–Kier alpha value is 2.07. The van der Waals surface area contributed by atoms with Gasteiger partial charge in [0.05, 0.1) is 58.0 Å². The van der Waals surface area contributed by atoms with E-state index >= 15 is 0 Å². The van der Waals surface area contributed by atoms with Crippen molar-refractivity contribution in [2.24, 2.45) is 11.8 Å². The molecule has 2 rings (SSSR count). The minimum atomic E-state index is -2.80. The predicted molar refractivity (Wildman–Crippen MR) is 189 cm³/mol. The largest absolute Gasteiger partial charge is 0.394 e. The van der Waals surface area contributed by atoms with Gasteiger partial charge in [-0.05, 0) is 52.4 Å². The van der Waals surface area contributed by atoms with Crippen LogP contribution in [0.25, 0.3) is 0 Å². The maximum atomic E-state index is 12.2. The smallest absolute Gasteiger partial charge is 0.319 e. The van der Waals surface area contributed by atoms with E-state index in [0.29, 0.717) is 51.7 Å². The molecule has 314 valence electrons. The van der Waals surface area contributed by atoms with Crippen LogP contribution in [0.4, 0.5) is 0 Å². The van der Waals surface area contributed by atoms with E-state index in [1.165, 1.54) is 0 Å². The van der Waals surface area contributed by atoms with Crippen LogP contribution in [0.2, 0.25) is 0 Å². The predicted octanol–water partition coefficient (Wildman–Crippen LogP) is 2.42. The van der Waals surface area contributed by atoms with Crippen molar-refractivity contribution in [3.8, 4) is 0 Å². The second-order valence-corrected chi connectivity index (χ2v) is 14.8. The summed E-state index contributed by atoms with van der Waals surface area (Å²) < 4.78 is 73.8. The Labute approximate surface area is 367 Å². The second kappa shape index (κ2) is 33.9. The van der Waals surface area contributed by atoms with E-state index in [-0.39, 0.29) is 113 Å². The maximum Gasteiger partial charge on any atom is 0.319 e. The summed E-state index contributed by atoms with van der Waals surface area (Å²) in [6.07, 6.45) is -4.70. The van der Waals surface area contributed by atoms with Gasteiger partial charge in [0.15, 0.2) is 12.6 Å². The van der Waals surface area contributed by atoms with Crippen LogP contribution in [0.3, 0.4) is 0 Å². The SMILES string of the molecule is C.C.CC(C)OC(CO[PH](=O)OCCCCCOC1OC(CO)C(O)C(O)C1C)CO[PH](=O)OCCCCCOC1OC(CO)C(O)C(O)C1C.[Y].[Y]. The van der Waals surface area contributed by atoms with Gasteiger partial charge in [-0.1, -0.05) is 28.7 Å². The number of aliphatic hydroxyl groups excluding tert-OH is 6. The van der Waals surface area contributed by atoms with E-state index in [0.717, 1.165) is 0 Å². The van der Waals surface area contributed by atoms with Crippen molar-refractivity contribution in [3.05, 3.63) is 0 Å². The topological polar surface area (TPSA) is 239 Å². The molecule has 2 saturated heterocycles. The van der Waals surface area contributed by atoms with Crippen molar-refractivity contribution in [1.29, 1.82) is 0 Å². The summed E-state index contributed by atoms with van der Waals surface area (Å²) in [6.45, 7) is 7.06. The summed E-state index contributed by atoms with van der Waals surface area (Å²) in [5.74, 6) is -0.918. The number of rotatable bonds is 26. The van der Waals surface area contributed by atoms with Crippen LogP contribution in [-0.4, -0.2) is 145 Å². The number of aliphatic hydroxyl groups is 6. The zero-order valence-electron chi connectivity index (χ0n) is 30.2. The molecule has 0 aromatic heterocycles. The van der Waals surface area contributed by atoms with Crippen molar-refractivity contribution in [2.75, 3.05) is 52.9 Å². The van der Waals surface area contributed by atoms with Gasteiger partial charge in [-0.2, -0.15) is 0 Å². The Morgan fingerprint density at radius 3 is 1.28 bits per heavy atom. The molecule has 0 aliphatic carbocycles. The molecular formula is C32H68O17P2Y2. The summed E-state index contributed by atoms with van der Waals surface area (Å²) in [7, 11) is -5.61. The number of ether oxygens (including phenoxy) is 5. The third-order valence-electron chi connectivity index (χ3n) is 8.20. The van der Waals surface area contributed by atoms with Crippen LogP contribution in [0.1, 0.15) is 81.1 Å². The summed E-state index contributed by atoms with van der Waals surface area (Å²) >= 11 is 0. The van der Waals surface area contributed by atoms with Gasteiger partial charge in [0.25, 0.3) is 0 Å². The van der Waals surface area contributed by atoms with Gasteiger partial charge < -0.3 is 72.4 Å². The zero-order chi connectivity index (χ0) is 36.3. The van der Waals surface area contributed by atoms with Gasteiger partial charge in [-0.25, -0.2) is 0 Å². The first-order chi connectivity index (χ1) is 23.4. The second-order valence-electron chi connectivity index (χ2n) is 12.6. The summed E-state index contributed by atoms with van der Waals surface area (Å²) in [6, 6.07) is 0. The van der Waals surface area contributed by atoms with Gasteiger partial charge in [-0.3, -0.25) is 9.13 Å². The van der Waals surface area contributed by atoms with E-state index in [9.17, 15) is 39.8 Å². The molecule has 2 aliphatic heterocycles. The number of hydrogen-bond donors (Lipinski definition) is 6. The van der Waals surface area contributed by atoms with Gasteiger partial charge >= 0.3 is 16.5 Å². The van der Waals surface area contributed by atoms with Crippen LogP contribution >= 0.6 is 16.5 Å². The fraction of sp³-hybridized carbons (Fsp3) is 1.00. The Balaban J connectivity index is -0.00000625. The van der Waals surface area contributed by atoms with Crippen LogP contribution < -0.4 is 0 Å². The Morgan fingerprint density at radius 2 is 0.943 bits per heavy atom.